The Hall–Kier alpha value is -0.570. The predicted molar refractivity (Wildman–Crippen MR) is 53.3 cm³/mol. The number of nitrogens with one attached hydrogen (secondary N) is 1. The van der Waals surface area contributed by atoms with Crippen molar-refractivity contribution in [2.24, 2.45) is 5.73 Å². The highest BCUT2D eigenvalue weighted by atomic mass is 16.2. The Kier molecular flexibility index (Phi) is 4.22. The Morgan fingerprint density at radius 1 is 1.62 bits per heavy atom. The molecule has 1 amide bonds. The zero-order valence-corrected chi connectivity index (χ0v) is 8.38. The summed E-state index contributed by atoms with van der Waals surface area (Å²) >= 11 is 0. The smallest absolute Gasteiger partial charge is 0.237 e. The molecule has 0 aromatic carbocycles. The fraction of sp³-hybridized carbons (Fsp3) is 0.900. The van der Waals surface area contributed by atoms with Crippen molar-refractivity contribution in [3.05, 3.63) is 0 Å². The zero-order chi connectivity index (χ0) is 9.68. The number of unbranched alkanes of at least 4 members (excludes halogenated alkanes) is 1. The molecule has 1 aliphatic carbocycles. The fourth-order valence-corrected chi connectivity index (χ4v) is 1.42. The first-order valence-electron chi connectivity index (χ1n) is 5.30. The summed E-state index contributed by atoms with van der Waals surface area (Å²) in [5, 5.41) is 2.96. The molecular weight excluding hydrogens is 164 g/mol. The van der Waals surface area contributed by atoms with E-state index < -0.39 is 0 Å². The molecule has 3 N–H and O–H groups in total. The maximum Gasteiger partial charge on any atom is 0.237 e. The van der Waals surface area contributed by atoms with Crippen molar-refractivity contribution >= 4 is 5.91 Å². The van der Waals surface area contributed by atoms with Gasteiger partial charge in [0.05, 0.1) is 6.04 Å². The van der Waals surface area contributed by atoms with E-state index in [0.717, 1.165) is 32.1 Å². The third kappa shape index (κ3) is 3.35. The molecule has 0 aliphatic heterocycles. The highest BCUT2D eigenvalue weighted by Crippen LogP contribution is 2.18. The van der Waals surface area contributed by atoms with E-state index in [4.69, 9.17) is 5.73 Å². The van der Waals surface area contributed by atoms with Gasteiger partial charge in [0.1, 0.15) is 0 Å². The third-order valence-corrected chi connectivity index (χ3v) is 2.66. The largest absolute Gasteiger partial charge is 0.352 e. The molecule has 0 bridgehead atoms. The van der Waals surface area contributed by atoms with Crippen molar-refractivity contribution in [2.45, 2.75) is 57.5 Å². The standard InChI is InChI=1S/C10H20N2O/c1-2-3-7-9(11)10(13)12-8-5-4-6-8/h8-9H,2-7,11H2,1H3,(H,12,13)/t9-/m0/s1. The van der Waals surface area contributed by atoms with Crippen LogP contribution in [0.15, 0.2) is 0 Å². The van der Waals surface area contributed by atoms with E-state index in [1.54, 1.807) is 0 Å². The molecule has 3 heteroatoms. The van der Waals surface area contributed by atoms with Crippen LogP contribution in [0.1, 0.15) is 45.4 Å². The van der Waals surface area contributed by atoms with E-state index >= 15 is 0 Å². The van der Waals surface area contributed by atoms with Crippen LogP contribution in [0.2, 0.25) is 0 Å². The second-order valence-corrected chi connectivity index (χ2v) is 3.89. The molecule has 1 aliphatic rings. The molecule has 1 saturated carbocycles. The van der Waals surface area contributed by atoms with E-state index in [0.29, 0.717) is 6.04 Å². The lowest BCUT2D eigenvalue weighted by atomic mass is 9.93. The van der Waals surface area contributed by atoms with Crippen molar-refractivity contribution in [1.82, 2.24) is 5.32 Å². The minimum absolute atomic E-state index is 0.0400. The van der Waals surface area contributed by atoms with Gasteiger partial charge in [-0.1, -0.05) is 19.8 Å². The van der Waals surface area contributed by atoms with Crippen molar-refractivity contribution in [3.8, 4) is 0 Å². The summed E-state index contributed by atoms with van der Waals surface area (Å²) in [6.07, 6.45) is 6.46. The number of hydrogen-bond donors (Lipinski definition) is 2. The lowest BCUT2D eigenvalue weighted by molar-refractivity contribution is -0.123. The number of carbonyl (C=O) groups is 1. The van der Waals surface area contributed by atoms with Gasteiger partial charge in [-0.3, -0.25) is 4.79 Å². The van der Waals surface area contributed by atoms with Gasteiger partial charge in [0.2, 0.25) is 5.91 Å². The normalized spacial score (nSPS) is 19.2. The molecule has 0 radical (unpaired) electrons. The van der Waals surface area contributed by atoms with Crippen molar-refractivity contribution < 1.29 is 4.79 Å². The maximum absolute atomic E-state index is 11.4. The van der Waals surface area contributed by atoms with Crippen LogP contribution in [0.4, 0.5) is 0 Å². The first kappa shape index (κ1) is 10.5. The van der Waals surface area contributed by atoms with Gasteiger partial charge in [-0.25, -0.2) is 0 Å². The van der Waals surface area contributed by atoms with Crippen molar-refractivity contribution in [2.75, 3.05) is 0 Å². The van der Waals surface area contributed by atoms with Crippen LogP contribution >= 0.6 is 0 Å². The van der Waals surface area contributed by atoms with E-state index in [2.05, 4.69) is 12.2 Å². The van der Waals surface area contributed by atoms with Crippen molar-refractivity contribution in [3.63, 3.8) is 0 Å². The number of hydrogen-bond acceptors (Lipinski definition) is 2. The average molecular weight is 184 g/mol. The Balaban J connectivity index is 2.13. The Morgan fingerprint density at radius 2 is 2.31 bits per heavy atom. The summed E-state index contributed by atoms with van der Waals surface area (Å²) in [5.41, 5.74) is 5.72. The second-order valence-electron chi connectivity index (χ2n) is 3.89. The molecule has 1 atom stereocenters. The number of nitrogens with two attached hydrogens (primary N) is 1. The van der Waals surface area contributed by atoms with Gasteiger partial charge < -0.3 is 11.1 Å². The summed E-state index contributed by atoms with van der Waals surface area (Å²) in [4.78, 5) is 11.4. The minimum Gasteiger partial charge on any atom is -0.352 e. The molecular formula is C10H20N2O. The number of carbonyl (C=O) groups excluding carboxylic acids is 1. The predicted octanol–water partition coefficient (Wildman–Crippen LogP) is 1.17. The second kappa shape index (κ2) is 5.22. The van der Waals surface area contributed by atoms with Crippen molar-refractivity contribution in [1.29, 1.82) is 0 Å². The van der Waals surface area contributed by atoms with Gasteiger partial charge in [-0.05, 0) is 25.7 Å². The molecule has 0 aromatic heterocycles. The van der Waals surface area contributed by atoms with Gasteiger partial charge in [-0.15, -0.1) is 0 Å². The van der Waals surface area contributed by atoms with Gasteiger partial charge in [0, 0.05) is 6.04 Å². The van der Waals surface area contributed by atoms with Crippen LogP contribution in [-0.4, -0.2) is 18.0 Å². The summed E-state index contributed by atoms with van der Waals surface area (Å²) in [6.45, 7) is 2.11. The average Bonchev–Trinajstić information content (AvgIpc) is 2.06. The SMILES string of the molecule is CCCC[C@H](N)C(=O)NC1CCC1. The molecule has 0 unspecified atom stereocenters. The Bertz CT molecular complexity index is 166. The summed E-state index contributed by atoms with van der Waals surface area (Å²) in [6, 6.07) is 0.126. The van der Waals surface area contributed by atoms with Gasteiger partial charge in [0.15, 0.2) is 0 Å². The van der Waals surface area contributed by atoms with Gasteiger partial charge >= 0.3 is 0 Å². The molecule has 13 heavy (non-hydrogen) atoms. The monoisotopic (exact) mass is 184 g/mol. The molecule has 0 saturated heterocycles. The molecule has 0 aromatic rings. The zero-order valence-electron chi connectivity index (χ0n) is 8.38. The van der Waals surface area contributed by atoms with E-state index in [9.17, 15) is 4.79 Å². The molecule has 76 valence electrons. The van der Waals surface area contributed by atoms with E-state index in [-0.39, 0.29) is 11.9 Å². The van der Waals surface area contributed by atoms with Crippen LogP contribution in [0, 0.1) is 0 Å². The maximum atomic E-state index is 11.4. The van der Waals surface area contributed by atoms with Crippen LogP contribution < -0.4 is 11.1 Å². The summed E-state index contributed by atoms with van der Waals surface area (Å²) < 4.78 is 0. The number of amides is 1. The molecule has 0 heterocycles. The number of rotatable bonds is 5. The minimum atomic E-state index is -0.291. The summed E-state index contributed by atoms with van der Waals surface area (Å²) in [7, 11) is 0. The Morgan fingerprint density at radius 3 is 2.77 bits per heavy atom. The lowest BCUT2D eigenvalue weighted by Gasteiger charge is -2.27. The molecule has 3 nitrogen and oxygen atoms in total. The highest BCUT2D eigenvalue weighted by molar-refractivity contribution is 5.81. The first-order valence-corrected chi connectivity index (χ1v) is 5.30. The van der Waals surface area contributed by atoms with Crippen LogP contribution in [0.5, 0.6) is 0 Å². The summed E-state index contributed by atoms with van der Waals surface area (Å²) in [5.74, 6) is 0.0400. The lowest BCUT2D eigenvalue weighted by Crippen LogP contribution is -2.47. The van der Waals surface area contributed by atoms with Gasteiger partial charge in [-0.2, -0.15) is 0 Å². The van der Waals surface area contributed by atoms with Crippen LogP contribution in [0.3, 0.4) is 0 Å². The van der Waals surface area contributed by atoms with E-state index in [1.807, 2.05) is 0 Å². The van der Waals surface area contributed by atoms with Crippen LogP contribution in [0.25, 0.3) is 0 Å². The highest BCUT2D eigenvalue weighted by Gasteiger charge is 2.21. The van der Waals surface area contributed by atoms with Gasteiger partial charge in [0.25, 0.3) is 0 Å². The topological polar surface area (TPSA) is 55.1 Å². The molecule has 1 rings (SSSR count). The first-order chi connectivity index (χ1) is 6.24. The third-order valence-electron chi connectivity index (χ3n) is 2.66. The van der Waals surface area contributed by atoms with E-state index in [1.165, 1.54) is 6.42 Å². The molecule has 0 spiro atoms. The fourth-order valence-electron chi connectivity index (χ4n) is 1.42. The van der Waals surface area contributed by atoms with Crippen LogP contribution in [-0.2, 0) is 4.79 Å². The Labute approximate surface area is 80.1 Å². The quantitative estimate of drug-likeness (QED) is 0.674. The molecule has 1 fully saturated rings.